The van der Waals surface area contributed by atoms with E-state index in [-0.39, 0.29) is 11.9 Å². The van der Waals surface area contributed by atoms with Gasteiger partial charge in [0.1, 0.15) is 11.9 Å². The maximum atomic E-state index is 13.1. The molecule has 0 radical (unpaired) electrons. The Bertz CT molecular complexity index is 1330. The minimum absolute atomic E-state index is 0.108. The molecule has 1 aliphatic rings. The van der Waals surface area contributed by atoms with Crippen LogP contribution in [-0.4, -0.2) is 41.5 Å². The summed E-state index contributed by atoms with van der Waals surface area (Å²) < 4.78 is 11.1. The second kappa shape index (κ2) is 10.1. The van der Waals surface area contributed by atoms with Gasteiger partial charge in [0.25, 0.3) is 0 Å². The van der Waals surface area contributed by atoms with Crippen molar-refractivity contribution in [1.82, 2.24) is 14.9 Å². The molecule has 9 heteroatoms. The van der Waals surface area contributed by atoms with Gasteiger partial charge in [0.05, 0.1) is 20.3 Å². The monoisotopic (exact) mass is 470 g/mol. The van der Waals surface area contributed by atoms with Gasteiger partial charge in [-0.25, -0.2) is 4.98 Å². The number of rotatable bonds is 6. The molecule has 0 saturated carbocycles. The van der Waals surface area contributed by atoms with Gasteiger partial charge in [-0.2, -0.15) is 10.2 Å². The number of anilines is 2. The number of benzene rings is 2. The van der Waals surface area contributed by atoms with E-state index in [1.165, 1.54) is 13.2 Å². The molecule has 1 aromatic heterocycles. The highest BCUT2D eigenvalue weighted by Crippen LogP contribution is 2.35. The summed E-state index contributed by atoms with van der Waals surface area (Å²) in [5, 5.41) is 9.78. The van der Waals surface area contributed by atoms with Crippen LogP contribution in [0.25, 0.3) is 6.08 Å². The van der Waals surface area contributed by atoms with Crippen molar-refractivity contribution in [3.8, 4) is 17.6 Å². The van der Waals surface area contributed by atoms with Crippen LogP contribution in [0, 0.1) is 11.3 Å². The lowest BCUT2D eigenvalue weighted by atomic mass is 9.93. The molecule has 4 N–H and O–H groups in total. The molecule has 1 amide bonds. The molecule has 35 heavy (non-hydrogen) atoms. The highest BCUT2D eigenvalue weighted by Gasteiger charge is 2.29. The fourth-order valence-electron chi connectivity index (χ4n) is 4.27. The molecule has 0 aliphatic carbocycles. The topological polar surface area (TPSA) is 140 Å². The number of amides is 1. The fraction of sp³-hybridized carbons (Fsp3) is 0.231. The van der Waals surface area contributed by atoms with Crippen LogP contribution in [-0.2, 0) is 17.6 Å². The van der Waals surface area contributed by atoms with Gasteiger partial charge >= 0.3 is 0 Å². The summed E-state index contributed by atoms with van der Waals surface area (Å²) in [4.78, 5) is 22.7. The van der Waals surface area contributed by atoms with Crippen LogP contribution in [0.1, 0.15) is 33.9 Å². The van der Waals surface area contributed by atoms with E-state index >= 15 is 0 Å². The molecule has 0 spiro atoms. The largest absolute Gasteiger partial charge is 0.493 e. The standard InChI is InChI=1S/C26H26N6O3/c1-34-22-13-16(12-19-15-30-26(29)31-25(19)28)11-18(24(22)35-2)7-8-23(33)32-10-9-17-5-3-4-6-20(17)21(32)14-27/h3-8,11,13,15,21H,9-10,12H2,1-2H3,(H4,28,29,30,31). The summed E-state index contributed by atoms with van der Waals surface area (Å²) in [5.74, 6) is 1.15. The summed E-state index contributed by atoms with van der Waals surface area (Å²) in [6, 6.07) is 13.1. The first kappa shape index (κ1) is 23.6. The van der Waals surface area contributed by atoms with Crippen molar-refractivity contribution in [3.63, 3.8) is 0 Å². The number of nitrogens with zero attached hydrogens (tertiary/aromatic N) is 4. The molecule has 1 atom stereocenters. The quantitative estimate of drug-likeness (QED) is 0.524. The number of nitrogens with two attached hydrogens (primary N) is 2. The van der Waals surface area contributed by atoms with E-state index in [1.54, 1.807) is 24.3 Å². The number of aromatic nitrogens is 2. The van der Waals surface area contributed by atoms with Gasteiger partial charge in [0.15, 0.2) is 11.5 Å². The maximum absolute atomic E-state index is 13.1. The van der Waals surface area contributed by atoms with Crippen LogP contribution in [0.3, 0.4) is 0 Å². The molecule has 0 saturated heterocycles. The van der Waals surface area contributed by atoms with Crippen molar-refractivity contribution in [3.05, 3.63) is 76.5 Å². The number of nitrogen functional groups attached to an aromatic ring is 2. The van der Waals surface area contributed by atoms with E-state index in [0.29, 0.717) is 47.8 Å². The van der Waals surface area contributed by atoms with E-state index in [9.17, 15) is 10.1 Å². The zero-order chi connectivity index (χ0) is 24.9. The Kier molecular flexibility index (Phi) is 6.83. The lowest BCUT2D eigenvalue weighted by Gasteiger charge is -2.32. The Balaban J connectivity index is 1.63. The number of nitriles is 1. The van der Waals surface area contributed by atoms with Crippen molar-refractivity contribution in [2.75, 3.05) is 32.2 Å². The second-order valence-corrected chi connectivity index (χ2v) is 8.08. The van der Waals surface area contributed by atoms with E-state index in [1.807, 2.05) is 36.4 Å². The Labute approximate surface area is 203 Å². The summed E-state index contributed by atoms with van der Waals surface area (Å²) in [6.07, 6.45) is 5.85. The first-order chi connectivity index (χ1) is 16.9. The van der Waals surface area contributed by atoms with Crippen molar-refractivity contribution >= 4 is 23.7 Å². The van der Waals surface area contributed by atoms with E-state index in [2.05, 4.69) is 16.0 Å². The third kappa shape index (κ3) is 4.87. The number of hydrogen-bond donors (Lipinski definition) is 2. The van der Waals surface area contributed by atoms with Crippen LogP contribution in [0.2, 0.25) is 0 Å². The van der Waals surface area contributed by atoms with Gasteiger partial charge < -0.3 is 25.8 Å². The highest BCUT2D eigenvalue weighted by molar-refractivity contribution is 5.93. The normalized spacial score (nSPS) is 14.9. The molecule has 0 bridgehead atoms. The van der Waals surface area contributed by atoms with Gasteiger partial charge in [-0.1, -0.05) is 24.3 Å². The molecule has 178 valence electrons. The predicted octanol–water partition coefficient (Wildman–Crippen LogP) is 2.91. The molecular formula is C26H26N6O3. The molecule has 0 fully saturated rings. The van der Waals surface area contributed by atoms with Crippen molar-refractivity contribution in [2.45, 2.75) is 18.9 Å². The van der Waals surface area contributed by atoms with Gasteiger partial charge in [-0.3, -0.25) is 4.79 Å². The summed E-state index contributed by atoms with van der Waals surface area (Å²) in [7, 11) is 3.08. The van der Waals surface area contributed by atoms with E-state index in [0.717, 1.165) is 16.7 Å². The van der Waals surface area contributed by atoms with Crippen LogP contribution >= 0.6 is 0 Å². The Morgan fingerprint density at radius 3 is 2.77 bits per heavy atom. The number of hydrogen-bond acceptors (Lipinski definition) is 8. The van der Waals surface area contributed by atoms with Crippen LogP contribution in [0.4, 0.5) is 11.8 Å². The van der Waals surface area contributed by atoms with Crippen molar-refractivity contribution in [2.24, 2.45) is 0 Å². The SMILES string of the molecule is COc1cc(Cc2cnc(N)nc2N)cc(C=CC(=O)N2CCc3ccccc3C2C#N)c1OC. The molecule has 4 rings (SSSR count). The highest BCUT2D eigenvalue weighted by atomic mass is 16.5. The number of fused-ring (bicyclic) bond motifs is 1. The predicted molar refractivity (Wildman–Crippen MR) is 132 cm³/mol. The number of carbonyl (C=O) groups is 1. The summed E-state index contributed by atoms with van der Waals surface area (Å²) in [5.41, 5.74) is 15.8. The minimum atomic E-state index is -0.631. The Hall–Kier alpha value is -4.58. The Morgan fingerprint density at radius 1 is 1.26 bits per heavy atom. The zero-order valence-electron chi connectivity index (χ0n) is 19.6. The van der Waals surface area contributed by atoms with Crippen molar-refractivity contribution < 1.29 is 14.3 Å². The van der Waals surface area contributed by atoms with Gasteiger partial charge in [-0.15, -0.1) is 0 Å². The molecule has 1 aliphatic heterocycles. The van der Waals surface area contributed by atoms with Crippen LogP contribution in [0.5, 0.6) is 11.5 Å². The third-order valence-electron chi connectivity index (χ3n) is 5.97. The molecule has 2 aromatic carbocycles. The average molecular weight is 471 g/mol. The fourth-order valence-corrected chi connectivity index (χ4v) is 4.27. The number of ether oxygens (including phenoxy) is 2. The molecule has 3 aromatic rings. The van der Waals surface area contributed by atoms with Crippen LogP contribution in [0.15, 0.2) is 48.7 Å². The lowest BCUT2D eigenvalue weighted by molar-refractivity contribution is -0.127. The van der Waals surface area contributed by atoms with E-state index < -0.39 is 6.04 Å². The smallest absolute Gasteiger partial charge is 0.247 e. The van der Waals surface area contributed by atoms with Gasteiger partial charge in [0, 0.05) is 36.4 Å². The average Bonchev–Trinajstić information content (AvgIpc) is 2.87. The summed E-state index contributed by atoms with van der Waals surface area (Å²) in [6.45, 7) is 0.468. The first-order valence-electron chi connectivity index (χ1n) is 11.0. The van der Waals surface area contributed by atoms with Gasteiger partial charge in [-0.05, 0) is 41.3 Å². The van der Waals surface area contributed by atoms with Crippen LogP contribution < -0.4 is 20.9 Å². The Morgan fingerprint density at radius 2 is 2.06 bits per heavy atom. The molecule has 1 unspecified atom stereocenters. The van der Waals surface area contributed by atoms with E-state index in [4.69, 9.17) is 20.9 Å². The molecule has 2 heterocycles. The molecular weight excluding hydrogens is 444 g/mol. The second-order valence-electron chi connectivity index (χ2n) is 8.08. The van der Waals surface area contributed by atoms with Gasteiger partial charge in [0.2, 0.25) is 11.9 Å². The number of carbonyl (C=O) groups excluding carboxylic acids is 1. The number of methoxy groups -OCH3 is 2. The summed E-state index contributed by atoms with van der Waals surface area (Å²) >= 11 is 0. The third-order valence-corrected chi connectivity index (χ3v) is 5.97. The lowest BCUT2D eigenvalue weighted by Crippen LogP contribution is -2.38. The zero-order valence-corrected chi connectivity index (χ0v) is 19.6. The van der Waals surface area contributed by atoms with Crippen molar-refractivity contribution in [1.29, 1.82) is 5.26 Å². The minimum Gasteiger partial charge on any atom is -0.493 e. The maximum Gasteiger partial charge on any atom is 0.247 e. The molecule has 9 nitrogen and oxygen atoms in total. The first-order valence-corrected chi connectivity index (χ1v) is 11.0.